The summed E-state index contributed by atoms with van der Waals surface area (Å²) in [7, 11) is 1.27. The van der Waals surface area contributed by atoms with Crippen LogP contribution in [0.3, 0.4) is 0 Å². The molecule has 0 aliphatic heterocycles. The van der Waals surface area contributed by atoms with E-state index in [-0.39, 0.29) is 0 Å². The van der Waals surface area contributed by atoms with Crippen LogP contribution in [0.4, 0.5) is 10.5 Å². The van der Waals surface area contributed by atoms with E-state index in [0.29, 0.717) is 5.69 Å². The van der Waals surface area contributed by atoms with Gasteiger partial charge in [-0.05, 0) is 25.5 Å². The van der Waals surface area contributed by atoms with Gasteiger partial charge in [-0.15, -0.1) is 0 Å². The number of carbonyl (C=O) groups is 2. The summed E-state index contributed by atoms with van der Waals surface area (Å²) in [5, 5.41) is 2.65. The van der Waals surface area contributed by atoms with Crippen LogP contribution in [-0.2, 0) is 14.3 Å². The maximum atomic E-state index is 12.1. The number of methoxy groups -OCH3 is 1. The van der Waals surface area contributed by atoms with Crippen molar-refractivity contribution in [1.29, 1.82) is 0 Å². The standard InChI is InChI=1S/C16H23NO4/c1-11-9-7-8-10-12(11)17-14(19)21-16(5,13(18)20-6)15(2,3)4/h7-10H,1-6H3,(H,17,19)/t16-/m1/s1. The fourth-order valence-corrected chi connectivity index (χ4v) is 1.73. The van der Waals surface area contributed by atoms with Gasteiger partial charge >= 0.3 is 12.1 Å². The molecule has 1 amide bonds. The van der Waals surface area contributed by atoms with Gasteiger partial charge in [-0.25, -0.2) is 9.59 Å². The number of aryl methyl sites for hydroxylation is 1. The molecule has 0 saturated heterocycles. The minimum absolute atomic E-state index is 0.588. The third-order valence-electron chi connectivity index (χ3n) is 3.68. The highest BCUT2D eigenvalue weighted by atomic mass is 16.6. The van der Waals surface area contributed by atoms with Crippen molar-refractivity contribution in [3.63, 3.8) is 0 Å². The topological polar surface area (TPSA) is 64.6 Å². The predicted molar refractivity (Wildman–Crippen MR) is 81.2 cm³/mol. The fourth-order valence-electron chi connectivity index (χ4n) is 1.73. The summed E-state index contributed by atoms with van der Waals surface area (Å²) in [6, 6.07) is 7.33. The Bertz CT molecular complexity index is 533. The van der Waals surface area contributed by atoms with Crippen LogP contribution >= 0.6 is 0 Å². The molecule has 1 aromatic carbocycles. The second-order valence-corrected chi connectivity index (χ2v) is 6.10. The fraction of sp³-hybridized carbons (Fsp3) is 0.500. The van der Waals surface area contributed by atoms with Gasteiger partial charge < -0.3 is 9.47 Å². The molecular formula is C16H23NO4. The van der Waals surface area contributed by atoms with E-state index >= 15 is 0 Å². The Morgan fingerprint density at radius 1 is 1.10 bits per heavy atom. The SMILES string of the molecule is COC(=O)[C@@](C)(OC(=O)Nc1ccccc1C)C(C)(C)C. The van der Waals surface area contributed by atoms with E-state index in [9.17, 15) is 9.59 Å². The highest BCUT2D eigenvalue weighted by Crippen LogP contribution is 2.35. The summed E-state index contributed by atoms with van der Waals surface area (Å²) in [6.45, 7) is 8.86. The monoisotopic (exact) mass is 293 g/mol. The first kappa shape index (κ1) is 17.0. The van der Waals surface area contributed by atoms with E-state index in [0.717, 1.165) is 5.56 Å². The van der Waals surface area contributed by atoms with Gasteiger partial charge in [-0.2, -0.15) is 0 Å². The van der Waals surface area contributed by atoms with Gasteiger partial charge in [0, 0.05) is 11.1 Å². The quantitative estimate of drug-likeness (QED) is 0.866. The smallest absolute Gasteiger partial charge is 0.412 e. The molecule has 1 rings (SSSR count). The number of carbonyl (C=O) groups excluding carboxylic acids is 2. The second-order valence-electron chi connectivity index (χ2n) is 6.10. The first-order valence-electron chi connectivity index (χ1n) is 6.76. The number of esters is 1. The summed E-state index contributed by atoms with van der Waals surface area (Å²) < 4.78 is 10.2. The molecule has 5 nitrogen and oxygen atoms in total. The van der Waals surface area contributed by atoms with Gasteiger partial charge in [0.05, 0.1) is 7.11 Å². The highest BCUT2D eigenvalue weighted by Gasteiger charge is 2.49. The molecular weight excluding hydrogens is 270 g/mol. The molecule has 5 heteroatoms. The minimum Gasteiger partial charge on any atom is -0.466 e. The molecule has 0 fully saturated rings. The van der Waals surface area contributed by atoms with E-state index < -0.39 is 23.1 Å². The van der Waals surface area contributed by atoms with Crippen LogP contribution in [0, 0.1) is 12.3 Å². The number of rotatable bonds is 3. The molecule has 0 aromatic heterocycles. The number of para-hydroxylation sites is 1. The number of hydrogen-bond donors (Lipinski definition) is 1. The Labute approximate surface area is 125 Å². The molecule has 1 aromatic rings. The summed E-state index contributed by atoms with van der Waals surface area (Å²) >= 11 is 0. The van der Waals surface area contributed by atoms with Crippen molar-refractivity contribution in [2.75, 3.05) is 12.4 Å². The van der Waals surface area contributed by atoms with E-state index in [4.69, 9.17) is 9.47 Å². The van der Waals surface area contributed by atoms with Crippen LogP contribution in [0.25, 0.3) is 0 Å². The lowest BCUT2D eigenvalue weighted by Crippen LogP contribution is -2.52. The summed E-state index contributed by atoms with van der Waals surface area (Å²) in [4.78, 5) is 24.1. The number of benzene rings is 1. The molecule has 0 aliphatic carbocycles. The van der Waals surface area contributed by atoms with Crippen molar-refractivity contribution >= 4 is 17.7 Å². The molecule has 0 spiro atoms. The zero-order valence-electron chi connectivity index (χ0n) is 13.4. The molecule has 0 unspecified atom stereocenters. The van der Waals surface area contributed by atoms with E-state index in [2.05, 4.69) is 5.32 Å². The lowest BCUT2D eigenvalue weighted by atomic mass is 9.77. The number of nitrogens with one attached hydrogen (secondary N) is 1. The highest BCUT2D eigenvalue weighted by molar-refractivity contribution is 5.89. The van der Waals surface area contributed by atoms with Crippen LogP contribution in [0.15, 0.2) is 24.3 Å². The second kappa shape index (κ2) is 6.16. The van der Waals surface area contributed by atoms with Crippen LogP contribution in [0.5, 0.6) is 0 Å². The van der Waals surface area contributed by atoms with Crippen molar-refractivity contribution in [2.24, 2.45) is 5.41 Å². The molecule has 0 aliphatic rings. The summed E-state index contributed by atoms with van der Waals surface area (Å²) in [6.07, 6.45) is -0.688. The molecule has 0 heterocycles. The molecule has 116 valence electrons. The number of amides is 1. The Morgan fingerprint density at radius 3 is 2.14 bits per heavy atom. The first-order valence-corrected chi connectivity index (χ1v) is 6.76. The third-order valence-corrected chi connectivity index (χ3v) is 3.68. The molecule has 21 heavy (non-hydrogen) atoms. The van der Waals surface area contributed by atoms with Gasteiger partial charge in [0.2, 0.25) is 5.60 Å². The minimum atomic E-state index is -1.38. The Kier molecular flexibility index (Phi) is 4.99. The number of ether oxygens (including phenoxy) is 2. The van der Waals surface area contributed by atoms with Gasteiger partial charge in [0.25, 0.3) is 0 Å². The molecule has 1 atom stereocenters. The van der Waals surface area contributed by atoms with E-state index in [1.807, 2.05) is 45.9 Å². The Balaban J connectivity index is 2.93. The summed E-state index contributed by atoms with van der Waals surface area (Å²) in [5.41, 5.74) is -0.439. The number of hydrogen-bond acceptors (Lipinski definition) is 4. The van der Waals surface area contributed by atoms with Crippen molar-refractivity contribution in [3.05, 3.63) is 29.8 Å². The largest absolute Gasteiger partial charge is 0.466 e. The first-order chi connectivity index (χ1) is 9.61. The van der Waals surface area contributed by atoms with E-state index in [1.54, 1.807) is 13.0 Å². The van der Waals surface area contributed by atoms with Crippen LogP contribution < -0.4 is 5.32 Å². The Hall–Kier alpha value is -2.04. The molecule has 0 saturated carbocycles. The van der Waals surface area contributed by atoms with Gasteiger partial charge in [-0.3, -0.25) is 5.32 Å². The Morgan fingerprint density at radius 2 is 1.67 bits per heavy atom. The van der Waals surface area contributed by atoms with Crippen LogP contribution in [-0.4, -0.2) is 24.8 Å². The summed E-state index contributed by atoms with van der Waals surface area (Å²) in [5.74, 6) is -0.588. The molecule has 0 radical (unpaired) electrons. The van der Waals surface area contributed by atoms with Crippen LogP contribution in [0.1, 0.15) is 33.3 Å². The van der Waals surface area contributed by atoms with Crippen molar-refractivity contribution in [3.8, 4) is 0 Å². The van der Waals surface area contributed by atoms with Crippen LogP contribution in [0.2, 0.25) is 0 Å². The van der Waals surface area contributed by atoms with Crippen molar-refractivity contribution in [2.45, 2.75) is 40.2 Å². The lowest BCUT2D eigenvalue weighted by molar-refractivity contribution is -0.171. The molecule has 0 bridgehead atoms. The average Bonchev–Trinajstić information content (AvgIpc) is 2.39. The van der Waals surface area contributed by atoms with Gasteiger partial charge in [0.1, 0.15) is 0 Å². The zero-order valence-corrected chi connectivity index (χ0v) is 13.4. The molecule has 1 N–H and O–H groups in total. The normalized spacial score (nSPS) is 14.0. The number of anilines is 1. The predicted octanol–water partition coefficient (Wildman–Crippen LogP) is 3.52. The lowest BCUT2D eigenvalue weighted by Gasteiger charge is -2.38. The maximum Gasteiger partial charge on any atom is 0.412 e. The zero-order chi connectivity index (χ0) is 16.3. The van der Waals surface area contributed by atoms with E-state index in [1.165, 1.54) is 7.11 Å². The van der Waals surface area contributed by atoms with Crippen molar-refractivity contribution < 1.29 is 19.1 Å². The maximum absolute atomic E-state index is 12.1. The third kappa shape index (κ3) is 3.74. The average molecular weight is 293 g/mol. The van der Waals surface area contributed by atoms with Gasteiger partial charge in [0.15, 0.2) is 0 Å². The van der Waals surface area contributed by atoms with Crippen molar-refractivity contribution in [1.82, 2.24) is 0 Å². The van der Waals surface area contributed by atoms with Gasteiger partial charge in [-0.1, -0.05) is 39.0 Å².